The molecule has 1 saturated carbocycles. The Bertz CT molecular complexity index is 386. The van der Waals surface area contributed by atoms with Crippen LogP contribution in [0.4, 0.5) is 19.0 Å². The van der Waals surface area contributed by atoms with Crippen molar-refractivity contribution in [3.63, 3.8) is 0 Å². The lowest BCUT2D eigenvalue weighted by atomic mass is 10.4. The summed E-state index contributed by atoms with van der Waals surface area (Å²) in [5.41, 5.74) is 0.742. The van der Waals surface area contributed by atoms with Crippen molar-refractivity contribution < 1.29 is 13.2 Å². The Kier molecular flexibility index (Phi) is 3.70. The number of anilines is 1. The zero-order chi connectivity index (χ0) is 13.2. The fourth-order valence-electron chi connectivity index (χ4n) is 1.52. The van der Waals surface area contributed by atoms with E-state index in [1.165, 1.54) is 32.3 Å². The van der Waals surface area contributed by atoms with Gasteiger partial charge in [0.2, 0.25) is 0 Å². The molecule has 0 radical (unpaired) electrons. The molecule has 1 fully saturated rings. The SMILES string of the molecule is CN(CC(F)(F)F)c1cnc(CNC2CC2)cn1. The molecular weight excluding hydrogens is 245 g/mol. The third-order valence-electron chi connectivity index (χ3n) is 2.65. The third kappa shape index (κ3) is 4.14. The van der Waals surface area contributed by atoms with E-state index in [1.54, 1.807) is 0 Å². The van der Waals surface area contributed by atoms with Crippen molar-refractivity contribution in [2.24, 2.45) is 0 Å². The van der Waals surface area contributed by atoms with Crippen molar-refractivity contribution in [3.8, 4) is 0 Å². The number of nitrogens with one attached hydrogen (secondary N) is 1. The first-order chi connectivity index (χ1) is 8.44. The molecular formula is C11H15F3N4. The fraction of sp³-hybridized carbons (Fsp3) is 0.636. The molecule has 1 aromatic rings. The lowest BCUT2D eigenvalue weighted by Gasteiger charge is -2.19. The Hall–Kier alpha value is -1.37. The fourth-order valence-corrected chi connectivity index (χ4v) is 1.52. The van der Waals surface area contributed by atoms with Gasteiger partial charge in [0, 0.05) is 19.6 Å². The summed E-state index contributed by atoms with van der Waals surface area (Å²) in [4.78, 5) is 9.11. The highest BCUT2D eigenvalue weighted by atomic mass is 19.4. The summed E-state index contributed by atoms with van der Waals surface area (Å²) in [7, 11) is 1.35. The largest absolute Gasteiger partial charge is 0.405 e. The van der Waals surface area contributed by atoms with Crippen molar-refractivity contribution in [2.45, 2.75) is 31.6 Å². The first-order valence-electron chi connectivity index (χ1n) is 5.76. The van der Waals surface area contributed by atoms with Gasteiger partial charge in [-0.2, -0.15) is 13.2 Å². The molecule has 0 amide bonds. The van der Waals surface area contributed by atoms with Crippen molar-refractivity contribution >= 4 is 5.82 Å². The van der Waals surface area contributed by atoms with Gasteiger partial charge in [0.25, 0.3) is 0 Å². The third-order valence-corrected chi connectivity index (χ3v) is 2.65. The van der Waals surface area contributed by atoms with Crippen molar-refractivity contribution in [3.05, 3.63) is 18.1 Å². The second-order valence-electron chi connectivity index (χ2n) is 4.49. The summed E-state index contributed by atoms with van der Waals surface area (Å²) in [6.07, 6.45) is 1.01. The molecule has 1 aromatic heterocycles. The van der Waals surface area contributed by atoms with Gasteiger partial charge in [0.05, 0.1) is 18.1 Å². The van der Waals surface area contributed by atoms with Gasteiger partial charge >= 0.3 is 6.18 Å². The minimum Gasteiger partial charge on any atom is -0.349 e. The van der Waals surface area contributed by atoms with Gasteiger partial charge in [-0.05, 0) is 12.8 Å². The van der Waals surface area contributed by atoms with E-state index < -0.39 is 12.7 Å². The molecule has 2 rings (SSSR count). The van der Waals surface area contributed by atoms with Crippen LogP contribution in [-0.2, 0) is 6.54 Å². The van der Waals surface area contributed by atoms with Gasteiger partial charge in [0.15, 0.2) is 0 Å². The number of hydrogen-bond acceptors (Lipinski definition) is 4. The number of hydrogen-bond donors (Lipinski definition) is 1. The molecule has 1 heterocycles. The smallest absolute Gasteiger partial charge is 0.349 e. The lowest BCUT2D eigenvalue weighted by Crippen LogP contribution is -2.31. The minimum atomic E-state index is -4.23. The van der Waals surface area contributed by atoms with E-state index >= 15 is 0 Å². The quantitative estimate of drug-likeness (QED) is 0.875. The zero-order valence-corrected chi connectivity index (χ0v) is 10.0. The Labute approximate surface area is 103 Å². The summed E-state index contributed by atoms with van der Waals surface area (Å²) < 4.78 is 36.6. The summed E-state index contributed by atoms with van der Waals surface area (Å²) in [5.74, 6) is 0.225. The molecule has 100 valence electrons. The number of aromatic nitrogens is 2. The predicted molar refractivity (Wildman–Crippen MR) is 61.2 cm³/mol. The molecule has 1 aliphatic rings. The van der Waals surface area contributed by atoms with Crippen molar-refractivity contribution in [2.75, 3.05) is 18.5 Å². The summed E-state index contributed by atoms with van der Waals surface area (Å²) >= 11 is 0. The minimum absolute atomic E-state index is 0.225. The van der Waals surface area contributed by atoms with Crippen LogP contribution in [0.3, 0.4) is 0 Å². The number of halogens is 3. The maximum atomic E-state index is 12.2. The van der Waals surface area contributed by atoms with Crippen LogP contribution in [-0.4, -0.2) is 35.8 Å². The highest BCUT2D eigenvalue weighted by Crippen LogP contribution is 2.20. The normalized spacial score (nSPS) is 15.8. The van der Waals surface area contributed by atoms with E-state index in [2.05, 4.69) is 15.3 Å². The molecule has 0 aromatic carbocycles. The van der Waals surface area contributed by atoms with Crippen LogP contribution in [0.5, 0.6) is 0 Å². The van der Waals surface area contributed by atoms with E-state index in [0.717, 1.165) is 10.6 Å². The highest BCUT2D eigenvalue weighted by Gasteiger charge is 2.29. The number of rotatable bonds is 5. The Morgan fingerprint density at radius 1 is 1.33 bits per heavy atom. The second kappa shape index (κ2) is 5.09. The van der Waals surface area contributed by atoms with E-state index in [-0.39, 0.29) is 5.82 Å². The van der Waals surface area contributed by atoms with Crippen LogP contribution >= 0.6 is 0 Å². The van der Waals surface area contributed by atoms with Gasteiger partial charge in [-0.15, -0.1) is 0 Å². The van der Waals surface area contributed by atoms with Gasteiger partial charge in [-0.3, -0.25) is 4.98 Å². The van der Waals surface area contributed by atoms with E-state index in [1.807, 2.05) is 0 Å². The van der Waals surface area contributed by atoms with Crippen LogP contribution in [0, 0.1) is 0 Å². The lowest BCUT2D eigenvalue weighted by molar-refractivity contribution is -0.119. The van der Waals surface area contributed by atoms with Crippen molar-refractivity contribution in [1.82, 2.24) is 15.3 Å². The maximum absolute atomic E-state index is 12.2. The van der Waals surface area contributed by atoms with Crippen LogP contribution < -0.4 is 10.2 Å². The molecule has 0 bridgehead atoms. The van der Waals surface area contributed by atoms with Crippen molar-refractivity contribution in [1.29, 1.82) is 0 Å². The molecule has 0 aliphatic heterocycles. The average Bonchev–Trinajstić information content (AvgIpc) is 3.08. The monoisotopic (exact) mass is 260 g/mol. The Morgan fingerprint density at radius 2 is 2.06 bits per heavy atom. The van der Waals surface area contributed by atoms with Gasteiger partial charge < -0.3 is 10.2 Å². The maximum Gasteiger partial charge on any atom is 0.405 e. The van der Waals surface area contributed by atoms with Gasteiger partial charge in [-0.1, -0.05) is 0 Å². The van der Waals surface area contributed by atoms with Crippen LogP contribution in [0.2, 0.25) is 0 Å². The van der Waals surface area contributed by atoms with Gasteiger partial charge in [-0.25, -0.2) is 4.98 Å². The standard InChI is InChI=1S/C11H15F3N4/c1-18(7-11(12,13)14)10-6-16-9(5-17-10)4-15-8-2-3-8/h5-6,8,15H,2-4,7H2,1H3. The predicted octanol–water partition coefficient (Wildman–Crippen LogP) is 1.73. The average molecular weight is 260 g/mol. The molecule has 1 N–H and O–H groups in total. The molecule has 0 saturated heterocycles. The van der Waals surface area contributed by atoms with Crippen LogP contribution in [0.1, 0.15) is 18.5 Å². The number of nitrogens with zero attached hydrogens (tertiary/aromatic N) is 3. The van der Waals surface area contributed by atoms with E-state index in [0.29, 0.717) is 12.6 Å². The summed E-state index contributed by atoms with van der Waals surface area (Å²) in [6, 6.07) is 0.569. The zero-order valence-electron chi connectivity index (χ0n) is 10.0. The molecule has 7 heteroatoms. The summed E-state index contributed by atoms with van der Waals surface area (Å²) in [5, 5.41) is 3.26. The van der Waals surface area contributed by atoms with E-state index in [9.17, 15) is 13.2 Å². The van der Waals surface area contributed by atoms with Crippen LogP contribution in [0.25, 0.3) is 0 Å². The Morgan fingerprint density at radius 3 is 2.56 bits per heavy atom. The Balaban J connectivity index is 1.89. The molecule has 18 heavy (non-hydrogen) atoms. The topological polar surface area (TPSA) is 41.1 Å². The first kappa shape index (κ1) is 13.1. The van der Waals surface area contributed by atoms with E-state index in [4.69, 9.17) is 0 Å². The van der Waals surface area contributed by atoms with Crippen LogP contribution in [0.15, 0.2) is 12.4 Å². The molecule has 0 atom stereocenters. The molecule has 0 spiro atoms. The highest BCUT2D eigenvalue weighted by molar-refractivity contribution is 5.34. The van der Waals surface area contributed by atoms with Gasteiger partial charge in [0.1, 0.15) is 12.4 Å². The molecule has 1 aliphatic carbocycles. The summed E-state index contributed by atoms with van der Waals surface area (Å²) in [6.45, 7) is -0.414. The first-order valence-corrected chi connectivity index (χ1v) is 5.76. The second-order valence-corrected chi connectivity index (χ2v) is 4.49. The number of alkyl halides is 3. The molecule has 4 nitrogen and oxygen atoms in total. The molecule has 0 unspecified atom stereocenters.